The summed E-state index contributed by atoms with van der Waals surface area (Å²) in [6.45, 7) is 3.76. The lowest BCUT2D eigenvalue weighted by Crippen LogP contribution is -2.17. The van der Waals surface area contributed by atoms with E-state index in [4.69, 9.17) is 9.47 Å². The van der Waals surface area contributed by atoms with Crippen LogP contribution in [0.15, 0.2) is 18.2 Å². The van der Waals surface area contributed by atoms with E-state index in [1.54, 1.807) is 18.2 Å². The van der Waals surface area contributed by atoms with E-state index in [0.717, 1.165) is 12.8 Å². The molecule has 2 aromatic rings. The molecule has 0 aliphatic carbocycles. The number of amides is 1. The highest BCUT2D eigenvalue weighted by Crippen LogP contribution is 2.30. The van der Waals surface area contributed by atoms with Gasteiger partial charge in [-0.05, 0) is 29.8 Å². The van der Waals surface area contributed by atoms with Gasteiger partial charge in [-0.2, -0.15) is 4.80 Å². The number of benzene rings is 1. The van der Waals surface area contributed by atoms with Gasteiger partial charge in [-0.3, -0.25) is 10.1 Å². The Morgan fingerprint density at radius 1 is 1.32 bits per heavy atom. The third-order valence-corrected chi connectivity index (χ3v) is 3.19. The number of unbranched alkanes of at least 4 members (excludes halogenated alkanes) is 1. The normalized spacial score (nSPS) is 13.0. The Balaban J connectivity index is 1.67. The summed E-state index contributed by atoms with van der Waals surface area (Å²) in [5, 5.41) is 14.4. The topological polar surface area (TPSA) is 91.2 Å². The van der Waals surface area contributed by atoms with Gasteiger partial charge in [-0.15, -0.1) is 5.10 Å². The average Bonchev–Trinajstić information content (AvgIpc) is 2.99. The number of aromatic nitrogens is 4. The quantitative estimate of drug-likeness (QED) is 0.900. The van der Waals surface area contributed by atoms with Crippen molar-refractivity contribution < 1.29 is 14.3 Å². The van der Waals surface area contributed by atoms with Crippen molar-refractivity contribution in [1.29, 1.82) is 0 Å². The van der Waals surface area contributed by atoms with E-state index in [1.165, 1.54) is 4.80 Å². The molecule has 0 saturated carbocycles. The Bertz CT molecular complexity index is 670. The van der Waals surface area contributed by atoms with Gasteiger partial charge in [0.1, 0.15) is 13.2 Å². The number of tetrazole rings is 1. The van der Waals surface area contributed by atoms with E-state index in [-0.39, 0.29) is 11.9 Å². The maximum atomic E-state index is 12.2. The van der Waals surface area contributed by atoms with Crippen molar-refractivity contribution in [2.75, 3.05) is 18.5 Å². The zero-order valence-corrected chi connectivity index (χ0v) is 12.3. The number of nitrogens with zero attached hydrogens (tertiary/aromatic N) is 4. The van der Waals surface area contributed by atoms with Crippen molar-refractivity contribution in [3.8, 4) is 11.5 Å². The van der Waals surface area contributed by atoms with Crippen LogP contribution in [0.5, 0.6) is 11.5 Å². The molecular weight excluding hydrogens is 286 g/mol. The second-order valence-electron chi connectivity index (χ2n) is 4.88. The molecule has 8 heteroatoms. The summed E-state index contributed by atoms with van der Waals surface area (Å²) in [7, 11) is 0. The van der Waals surface area contributed by atoms with Crippen molar-refractivity contribution in [2.24, 2.45) is 0 Å². The van der Waals surface area contributed by atoms with Gasteiger partial charge >= 0.3 is 0 Å². The second-order valence-corrected chi connectivity index (χ2v) is 4.88. The lowest BCUT2D eigenvalue weighted by Gasteiger charge is -2.18. The Kier molecular flexibility index (Phi) is 4.17. The first-order chi connectivity index (χ1) is 10.8. The zero-order chi connectivity index (χ0) is 15.4. The smallest absolute Gasteiger partial charge is 0.270 e. The van der Waals surface area contributed by atoms with E-state index in [1.807, 2.05) is 0 Å². The maximum Gasteiger partial charge on any atom is 0.270 e. The zero-order valence-electron chi connectivity index (χ0n) is 12.3. The molecule has 116 valence electrons. The van der Waals surface area contributed by atoms with Crippen LogP contribution in [0.1, 0.15) is 30.1 Å². The molecule has 1 amide bonds. The van der Waals surface area contributed by atoms with Gasteiger partial charge in [-0.25, -0.2) is 0 Å². The van der Waals surface area contributed by atoms with Crippen molar-refractivity contribution in [1.82, 2.24) is 20.2 Å². The Morgan fingerprint density at radius 3 is 2.95 bits per heavy atom. The van der Waals surface area contributed by atoms with Crippen molar-refractivity contribution in [2.45, 2.75) is 26.3 Å². The number of nitrogens with one attached hydrogen (secondary N) is 1. The lowest BCUT2D eigenvalue weighted by atomic mass is 10.2. The second kappa shape index (κ2) is 6.42. The van der Waals surface area contributed by atoms with Crippen LogP contribution in [0.3, 0.4) is 0 Å². The first-order valence-electron chi connectivity index (χ1n) is 7.25. The molecule has 0 saturated heterocycles. The summed E-state index contributed by atoms with van der Waals surface area (Å²) in [4.78, 5) is 13.7. The monoisotopic (exact) mass is 303 g/mol. The van der Waals surface area contributed by atoms with Crippen molar-refractivity contribution in [3.05, 3.63) is 23.8 Å². The summed E-state index contributed by atoms with van der Waals surface area (Å²) in [5.74, 6) is 1.09. The molecule has 1 aromatic heterocycles. The van der Waals surface area contributed by atoms with E-state index in [9.17, 15) is 4.79 Å². The van der Waals surface area contributed by atoms with Gasteiger partial charge in [0, 0.05) is 5.56 Å². The minimum atomic E-state index is -0.313. The van der Waals surface area contributed by atoms with Gasteiger partial charge in [0.2, 0.25) is 0 Å². The fraction of sp³-hybridized carbons (Fsp3) is 0.429. The summed E-state index contributed by atoms with van der Waals surface area (Å²) in [5.41, 5.74) is 0.453. The predicted molar refractivity (Wildman–Crippen MR) is 78.1 cm³/mol. The highest BCUT2D eigenvalue weighted by molar-refractivity contribution is 6.03. The number of fused-ring (bicyclic) bond motifs is 1. The molecule has 1 N–H and O–H groups in total. The first-order valence-corrected chi connectivity index (χ1v) is 7.25. The molecule has 2 heterocycles. The minimum Gasteiger partial charge on any atom is -0.486 e. The fourth-order valence-corrected chi connectivity index (χ4v) is 2.05. The molecule has 1 aliphatic heterocycles. The summed E-state index contributed by atoms with van der Waals surface area (Å²) < 4.78 is 10.9. The number of hydrogen-bond donors (Lipinski definition) is 1. The summed E-state index contributed by atoms with van der Waals surface area (Å²) in [6.07, 6.45) is 2.01. The van der Waals surface area contributed by atoms with Gasteiger partial charge in [0.25, 0.3) is 11.9 Å². The molecule has 0 spiro atoms. The molecule has 8 nitrogen and oxygen atoms in total. The SMILES string of the molecule is CCCCn1nnc(NC(=O)c2ccc3c(c2)OCCO3)n1. The van der Waals surface area contributed by atoms with Crippen molar-refractivity contribution >= 4 is 11.9 Å². The number of carbonyl (C=O) groups excluding carboxylic acids is 1. The van der Waals surface area contributed by atoms with E-state index in [0.29, 0.717) is 36.8 Å². The fourth-order valence-electron chi connectivity index (χ4n) is 2.05. The molecule has 0 radical (unpaired) electrons. The van der Waals surface area contributed by atoms with Crippen LogP contribution < -0.4 is 14.8 Å². The van der Waals surface area contributed by atoms with Crippen LogP contribution in [0.2, 0.25) is 0 Å². The van der Waals surface area contributed by atoms with E-state index in [2.05, 4.69) is 27.7 Å². The number of rotatable bonds is 5. The Morgan fingerprint density at radius 2 is 2.14 bits per heavy atom. The predicted octanol–water partition coefficient (Wildman–Crippen LogP) is 1.50. The molecule has 1 aromatic carbocycles. The average molecular weight is 303 g/mol. The molecule has 0 bridgehead atoms. The van der Waals surface area contributed by atoms with Gasteiger partial charge in [-0.1, -0.05) is 18.4 Å². The Labute approximate surface area is 127 Å². The number of aryl methyl sites for hydroxylation is 1. The molecule has 1 aliphatic rings. The summed E-state index contributed by atoms with van der Waals surface area (Å²) >= 11 is 0. The van der Waals surface area contributed by atoms with E-state index < -0.39 is 0 Å². The number of anilines is 1. The van der Waals surface area contributed by atoms with Crippen LogP contribution >= 0.6 is 0 Å². The number of ether oxygens (including phenoxy) is 2. The van der Waals surface area contributed by atoms with Crippen LogP contribution in [-0.4, -0.2) is 39.3 Å². The van der Waals surface area contributed by atoms with Crippen LogP contribution in [-0.2, 0) is 6.54 Å². The van der Waals surface area contributed by atoms with Crippen LogP contribution in [0.25, 0.3) is 0 Å². The maximum absolute atomic E-state index is 12.2. The van der Waals surface area contributed by atoms with Gasteiger partial charge in [0.05, 0.1) is 6.54 Å². The number of hydrogen-bond acceptors (Lipinski definition) is 6. The number of carbonyl (C=O) groups is 1. The molecular formula is C14H17N5O3. The molecule has 0 atom stereocenters. The highest BCUT2D eigenvalue weighted by atomic mass is 16.6. The van der Waals surface area contributed by atoms with E-state index >= 15 is 0 Å². The van der Waals surface area contributed by atoms with Gasteiger partial charge < -0.3 is 9.47 Å². The molecule has 0 unspecified atom stereocenters. The molecule has 3 rings (SSSR count). The van der Waals surface area contributed by atoms with Crippen LogP contribution in [0.4, 0.5) is 5.95 Å². The standard InChI is InChI=1S/C14H17N5O3/c1-2-3-6-19-17-14(16-18-19)15-13(20)10-4-5-11-12(9-10)22-8-7-21-11/h4-5,9H,2-3,6-8H2,1H3,(H,15,17,20). The van der Waals surface area contributed by atoms with Crippen molar-refractivity contribution in [3.63, 3.8) is 0 Å². The largest absolute Gasteiger partial charge is 0.486 e. The third kappa shape index (κ3) is 3.16. The summed E-state index contributed by atoms with van der Waals surface area (Å²) in [6, 6.07) is 5.03. The van der Waals surface area contributed by atoms with Crippen LogP contribution in [0, 0.1) is 0 Å². The minimum absolute atomic E-state index is 0.191. The third-order valence-electron chi connectivity index (χ3n) is 3.19. The Hall–Kier alpha value is -2.64. The molecule has 0 fully saturated rings. The highest BCUT2D eigenvalue weighted by Gasteiger charge is 2.16. The molecule has 22 heavy (non-hydrogen) atoms. The van der Waals surface area contributed by atoms with Gasteiger partial charge in [0.15, 0.2) is 11.5 Å². The lowest BCUT2D eigenvalue weighted by molar-refractivity contribution is 0.102. The first kappa shape index (κ1) is 14.3.